The van der Waals surface area contributed by atoms with E-state index in [0.717, 1.165) is 22.6 Å². The van der Waals surface area contributed by atoms with Crippen LogP contribution in [0.1, 0.15) is 11.1 Å². The van der Waals surface area contributed by atoms with Crippen molar-refractivity contribution in [2.75, 3.05) is 5.73 Å². The first-order valence-corrected chi connectivity index (χ1v) is 7.27. The smallest absolute Gasteiger partial charge is 0.137 e. The van der Waals surface area contributed by atoms with Crippen LogP contribution in [0, 0.1) is 12.7 Å². The number of benzene rings is 2. The fraction of sp³-hybridized carbons (Fsp3) is 0.143. The van der Waals surface area contributed by atoms with Gasteiger partial charge >= 0.3 is 0 Å². The Kier molecular flexibility index (Phi) is 4.30. The van der Waals surface area contributed by atoms with Crippen LogP contribution in [0.5, 0.6) is 0 Å². The molecule has 4 heteroatoms. The minimum Gasteiger partial charge on any atom is -0.399 e. The van der Waals surface area contributed by atoms with Crippen LogP contribution in [-0.4, -0.2) is 0 Å². The quantitative estimate of drug-likeness (QED) is 0.649. The molecule has 0 amide bonds. The summed E-state index contributed by atoms with van der Waals surface area (Å²) in [6.07, 6.45) is 0. The maximum Gasteiger partial charge on any atom is 0.137 e. The number of rotatable bonds is 3. The summed E-state index contributed by atoms with van der Waals surface area (Å²) in [5.41, 5.74) is 8.75. The van der Waals surface area contributed by atoms with E-state index >= 15 is 0 Å². The second kappa shape index (κ2) is 5.76. The van der Waals surface area contributed by atoms with Gasteiger partial charge in [-0.25, -0.2) is 4.39 Å². The number of nitrogens with two attached hydrogens (primary N) is 1. The molecule has 0 fully saturated rings. The molecule has 0 aliphatic carbocycles. The molecule has 0 atom stereocenters. The molecule has 2 aromatic rings. The van der Waals surface area contributed by atoms with Crippen LogP contribution in [-0.2, 0) is 5.75 Å². The lowest BCUT2D eigenvalue weighted by Crippen LogP contribution is -1.89. The third-order valence-corrected chi connectivity index (χ3v) is 4.30. The van der Waals surface area contributed by atoms with Gasteiger partial charge in [-0.2, -0.15) is 0 Å². The third kappa shape index (κ3) is 3.27. The zero-order valence-electron chi connectivity index (χ0n) is 9.91. The highest BCUT2D eigenvalue weighted by molar-refractivity contribution is 9.10. The summed E-state index contributed by atoms with van der Waals surface area (Å²) in [7, 11) is 0. The fourth-order valence-corrected chi connectivity index (χ4v) is 2.90. The summed E-state index contributed by atoms with van der Waals surface area (Å²) in [5, 5.41) is 0. The topological polar surface area (TPSA) is 26.0 Å². The van der Waals surface area contributed by atoms with Crippen molar-refractivity contribution < 1.29 is 4.39 Å². The average molecular weight is 326 g/mol. The van der Waals surface area contributed by atoms with Crippen molar-refractivity contribution in [2.24, 2.45) is 0 Å². The van der Waals surface area contributed by atoms with Crippen LogP contribution in [0.25, 0.3) is 0 Å². The molecule has 0 heterocycles. The van der Waals surface area contributed by atoms with Crippen molar-refractivity contribution in [3.8, 4) is 0 Å². The second-order valence-corrected chi connectivity index (χ2v) is 5.96. The molecule has 18 heavy (non-hydrogen) atoms. The first-order valence-electron chi connectivity index (χ1n) is 5.49. The number of anilines is 1. The predicted molar refractivity (Wildman–Crippen MR) is 79.3 cm³/mol. The number of hydrogen-bond acceptors (Lipinski definition) is 2. The van der Waals surface area contributed by atoms with Gasteiger partial charge in [-0.1, -0.05) is 6.07 Å². The van der Waals surface area contributed by atoms with Gasteiger partial charge in [0.25, 0.3) is 0 Å². The van der Waals surface area contributed by atoms with Crippen molar-refractivity contribution in [3.63, 3.8) is 0 Å². The van der Waals surface area contributed by atoms with Crippen LogP contribution >= 0.6 is 27.7 Å². The van der Waals surface area contributed by atoms with Gasteiger partial charge in [0.05, 0.1) is 4.47 Å². The summed E-state index contributed by atoms with van der Waals surface area (Å²) >= 11 is 4.90. The van der Waals surface area contributed by atoms with E-state index in [1.165, 1.54) is 11.0 Å². The second-order valence-electron chi connectivity index (χ2n) is 4.06. The molecule has 0 aliphatic heterocycles. The Hall–Kier alpha value is -1.00. The van der Waals surface area contributed by atoms with Gasteiger partial charge in [0.1, 0.15) is 5.82 Å². The molecule has 2 aromatic carbocycles. The molecule has 0 saturated heterocycles. The number of nitrogen functional groups attached to an aromatic ring is 1. The maximum absolute atomic E-state index is 13.1. The minimum atomic E-state index is -0.230. The van der Waals surface area contributed by atoms with Crippen molar-refractivity contribution >= 4 is 33.4 Å². The van der Waals surface area contributed by atoms with Gasteiger partial charge in [-0.3, -0.25) is 0 Å². The van der Waals surface area contributed by atoms with Crippen LogP contribution in [0.15, 0.2) is 45.8 Å². The summed E-state index contributed by atoms with van der Waals surface area (Å²) in [4.78, 5) is 1.17. The molecule has 2 rings (SSSR count). The van der Waals surface area contributed by atoms with Gasteiger partial charge in [-0.15, -0.1) is 11.8 Å². The van der Waals surface area contributed by atoms with Crippen LogP contribution < -0.4 is 5.73 Å². The molecule has 0 saturated carbocycles. The number of halogens is 2. The minimum absolute atomic E-state index is 0.230. The molecule has 1 nitrogen and oxygen atoms in total. The molecule has 0 radical (unpaired) electrons. The van der Waals surface area contributed by atoms with E-state index in [1.54, 1.807) is 17.8 Å². The van der Waals surface area contributed by atoms with Crippen molar-refractivity contribution in [1.29, 1.82) is 0 Å². The van der Waals surface area contributed by atoms with Gasteiger partial charge in [0.15, 0.2) is 0 Å². The third-order valence-electron chi connectivity index (χ3n) is 2.63. The molecule has 0 aliphatic rings. The summed E-state index contributed by atoms with van der Waals surface area (Å²) in [6, 6.07) is 11.1. The number of aryl methyl sites for hydroxylation is 1. The Morgan fingerprint density at radius 1 is 1.22 bits per heavy atom. The standard InChI is InChI=1S/C14H13BrFNS/c1-9-6-11(3-5-14(9)17)18-8-10-2-4-13(16)12(15)7-10/h2-7H,8,17H2,1H3. The normalized spacial score (nSPS) is 10.6. The van der Waals surface area contributed by atoms with E-state index < -0.39 is 0 Å². The zero-order valence-corrected chi connectivity index (χ0v) is 12.3. The van der Waals surface area contributed by atoms with Crippen LogP contribution in [0.4, 0.5) is 10.1 Å². The lowest BCUT2D eigenvalue weighted by molar-refractivity contribution is 0.620. The molecule has 0 aromatic heterocycles. The van der Waals surface area contributed by atoms with E-state index in [1.807, 2.05) is 25.1 Å². The maximum atomic E-state index is 13.1. The van der Waals surface area contributed by atoms with Gasteiger partial charge in [0.2, 0.25) is 0 Å². The predicted octanol–water partition coefficient (Wildman–Crippen LogP) is 4.77. The molecule has 0 bridgehead atoms. The summed E-state index contributed by atoms with van der Waals surface area (Å²) in [5.74, 6) is 0.578. The monoisotopic (exact) mass is 325 g/mol. The first kappa shape index (κ1) is 13.4. The van der Waals surface area contributed by atoms with E-state index in [-0.39, 0.29) is 5.82 Å². The van der Waals surface area contributed by atoms with Crippen LogP contribution in [0.3, 0.4) is 0 Å². The highest BCUT2D eigenvalue weighted by atomic mass is 79.9. The SMILES string of the molecule is Cc1cc(SCc2ccc(F)c(Br)c2)ccc1N. The highest BCUT2D eigenvalue weighted by Crippen LogP contribution is 2.27. The zero-order chi connectivity index (χ0) is 13.1. The Morgan fingerprint density at radius 3 is 2.67 bits per heavy atom. The molecule has 94 valence electrons. The average Bonchev–Trinajstić information content (AvgIpc) is 2.35. The summed E-state index contributed by atoms with van der Waals surface area (Å²) < 4.78 is 13.6. The van der Waals surface area contributed by atoms with E-state index in [2.05, 4.69) is 22.0 Å². The Balaban J connectivity index is 2.06. The van der Waals surface area contributed by atoms with Crippen molar-refractivity contribution in [2.45, 2.75) is 17.6 Å². The van der Waals surface area contributed by atoms with Gasteiger partial charge in [0, 0.05) is 16.3 Å². The van der Waals surface area contributed by atoms with Crippen LogP contribution in [0.2, 0.25) is 0 Å². The molecular weight excluding hydrogens is 313 g/mol. The largest absolute Gasteiger partial charge is 0.399 e. The lowest BCUT2D eigenvalue weighted by Gasteiger charge is -2.06. The fourth-order valence-electron chi connectivity index (χ4n) is 1.53. The Bertz CT molecular complexity index is 520. The number of hydrogen-bond donors (Lipinski definition) is 1. The van der Waals surface area contributed by atoms with Gasteiger partial charge < -0.3 is 5.73 Å². The van der Waals surface area contributed by atoms with E-state index in [9.17, 15) is 4.39 Å². The molecular formula is C14H13BrFNS. The molecule has 0 unspecified atom stereocenters. The van der Waals surface area contributed by atoms with E-state index in [0.29, 0.717) is 4.47 Å². The molecule has 0 spiro atoms. The number of thioether (sulfide) groups is 1. The van der Waals surface area contributed by atoms with Crippen molar-refractivity contribution in [3.05, 3.63) is 57.8 Å². The Morgan fingerprint density at radius 2 is 2.00 bits per heavy atom. The lowest BCUT2D eigenvalue weighted by atomic mass is 10.2. The highest BCUT2D eigenvalue weighted by Gasteiger charge is 2.02. The summed E-state index contributed by atoms with van der Waals surface area (Å²) in [6.45, 7) is 1.99. The van der Waals surface area contributed by atoms with Gasteiger partial charge in [-0.05, 0) is 64.3 Å². The van der Waals surface area contributed by atoms with E-state index in [4.69, 9.17) is 5.73 Å². The first-order chi connectivity index (χ1) is 8.56. The Labute approximate surface area is 119 Å². The molecule has 2 N–H and O–H groups in total. The van der Waals surface area contributed by atoms with Crippen molar-refractivity contribution in [1.82, 2.24) is 0 Å².